The third-order valence-corrected chi connectivity index (χ3v) is 4.70. The molecule has 0 bridgehead atoms. The maximum Gasteiger partial charge on any atom is 0.278 e. The lowest BCUT2D eigenvalue weighted by molar-refractivity contribution is -0.339. The Balaban J connectivity index is -0.000000241. The van der Waals surface area contributed by atoms with Gasteiger partial charge >= 0.3 is 0 Å². The lowest BCUT2D eigenvalue weighted by Crippen LogP contribution is -2.23. The summed E-state index contributed by atoms with van der Waals surface area (Å²) in [5, 5.41) is 17.0. The minimum atomic E-state index is -6.02. The van der Waals surface area contributed by atoms with E-state index in [0.717, 1.165) is 0 Å². The molecule has 3 unspecified atom stereocenters. The number of aliphatic hydroxyl groups is 2. The van der Waals surface area contributed by atoms with Crippen molar-refractivity contribution in [3.05, 3.63) is 0 Å². The Morgan fingerprint density at radius 1 is 0.864 bits per heavy atom. The maximum atomic E-state index is 10.8. The first-order valence-electron chi connectivity index (χ1n) is 3.87. The number of hydrogen-bond donors (Lipinski definition) is 6. The van der Waals surface area contributed by atoms with Crippen LogP contribution in [0.3, 0.4) is 0 Å². The SMILES string of the molecule is O=P([O-])([O-])OP(=O)([O-])OP(=O)([O-])OCC(O)CO.[NH4+].[NH4+].[NH4+].[NH4+]. The van der Waals surface area contributed by atoms with E-state index in [1.807, 2.05) is 0 Å². The smallest absolute Gasteiger partial charge is 0.278 e. The molecule has 0 spiro atoms. The molecule has 0 rings (SSSR count). The Bertz CT molecular complexity index is 412. The zero-order chi connectivity index (χ0) is 14.6. The molecule has 0 fully saturated rings. The monoisotopic (exact) mass is 400 g/mol. The number of quaternary nitrogens is 4. The fourth-order valence-electron chi connectivity index (χ4n) is 0.513. The average molecular weight is 400 g/mol. The van der Waals surface area contributed by atoms with Crippen molar-refractivity contribution in [3.63, 3.8) is 0 Å². The second kappa shape index (κ2) is 12.6. The number of phosphoric acid groups is 3. The molecule has 0 aliphatic rings. The van der Waals surface area contributed by atoms with Gasteiger partial charge in [0.1, 0.15) is 6.10 Å². The fraction of sp³-hybridized carbons (Fsp3) is 1.00. The molecule has 22 heavy (non-hydrogen) atoms. The normalized spacial score (nSPS) is 17.2. The van der Waals surface area contributed by atoms with E-state index in [9.17, 15) is 33.3 Å². The molecule has 3 atom stereocenters. The summed E-state index contributed by atoms with van der Waals surface area (Å²) < 4.78 is 41.2. The fourth-order valence-corrected chi connectivity index (χ4v) is 3.40. The standard InChI is InChI=1S/C3H11O12P3.4H3N/c4-1-3(5)2-13-17(9,10)15-18(11,12)14-16(6,7)8;;;;/h3-5H,1-2H2,(H,9,10)(H,11,12)(H2,6,7,8);4*1H3. The molecule has 0 aromatic rings. The quantitative estimate of drug-likeness (QED) is 0.233. The Kier molecular flexibility index (Phi) is 19.3. The number of aliphatic hydroxyl groups excluding tert-OH is 2. The summed E-state index contributed by atoms with van der Waals surface area (Å²) >= 11 is 0. The Hall–Kier alpha value is 0.170. The molecular weight excluding hydrogens is 377 g/mol. The van der Waals surface area contributed by atoms with Crippen molar-refractivity contribution in [2.75, 3.05) is 13.2 Å². The van der Waals surface area contributed by atoms with Crippen LogP contribution in [0.1, 0.15) is 0 Å². The topological polar surface area (TPSA) is 358 Å². The lowest BCUT2D eigenvalue weighted by Gasteiger charge is -2.37. The van der Waals surface area contributed by atoms with Gasteiger partial charge in [0.15, 0.2) is 0 Å². The summed E-state index contributed by atoms with van der Waals surface area (Å²) in [6.45, 7) is -1.94. The van der Waals surface area contributed by atoms with Gasteiger partial charge in [-0.2, -0.15) is 0 Å². The van der Waals surface area contributed by atoms with E-state index < -0.39 is 42.8 Å². The van der Waals surface area contributed by atoms with Gasteiger partial charge < -0.3 is 63.5 Å². The van der Waals surface area contributed by atoms with Crippen molar-refractivity contribution in [2.24, 2.45) is 0 Å². The Morgan fingerprint density at radius 2 is 1.27 bits per heavy atom. The van der Waals surface area contributed by atoms with Gasteiger partial charge in [0.05, 0.1) is 21.0 Å². The highest BCUT2D eigenvalue weighted by Crippen LogP contribution is 2.60. The summed E-state index contributed by atoms with van der Waals surface area (Å²) in [6.07, 6.45) is -1.65. The first-order chi connectivity index (χ1) is 7.87. The molecule has 142 valence electrons. The van der Waals surface area contributed by atoms with Gasteiger partial charge in [0, 0.05) is 0 Å². The molecule has 19 heteroatoms. The average Bonchev–Trinajstić information content (AvgIpc) is 2.08. The summed E-state index contributed by atoms with van der Waals surface area (Å²) in [5.74, 6) is 0. The number of rotatable bonds is 8. The van der Waals surface area contributed by atoms with Crippen molar-refractivity contribution >= 4 is 23.5 Å². The molecule has 0 aromatic heterocycles. The molecule has 0 aliphatic carbocycles. The molecule has 0 saturated carbocycles. The molecule has 18 N–H and O–H groups in total. The van der Waals surface area contributed by atoms with Gasteiger partial charge in [0.2, 0.25) is 0 Å². The minimum absolute atomic E-state index is 0. The van der Waals surface area contributed by atoms with Crippen molar-refractivity contribution in [1.82, 2.24) is 24.6 Å². The number of hydrogen-bond acceptors (Lipinski definition) is 12. The largest absolute Gasteiger partial charge is 0.790 e. The van der Waals surface area contributed by atoms with Gasteiger partial charge in [-0.25, -0.2) is 4.31 Å². The van der Waals surface area contributed by atoms with Crippen LogP contribution in [0.25, 0.3) is 0 Å². The summed E-state index contributed by atoms with van der Waals surface area (Å²) in [6, 6.07) is 0. The second-order valence-corrected chi connectivity index (χ2v) is 6.88. The highest BCUT2D eigenvalue weighted by molar-refractivity contribution is 7.64. The third kappa shape index (κ3) is 18.2. The van der Waals surface area contributed by atoms with E-state index in [1.54, 1.807) is 0 Å². The van der Waals surface area contributed by atoms with E-state index >= 15 is 0 Å². The van der Waals surface area contributed by atoms with Crippen molar-refractivity contribution in [2.45, 2.75) is 6.10 Å². The van der Waals surface area contributed by atoms with E-state index in [1.165, 1.54) is 0 Å². The predicted octanol–water partition coefficient (Wildman–Crippen LogP) is -2.34. The van der Waals surface area contributed by atoms with E-state index in [-0.39, 0.29) is 24.6 Å². The van der Waals surface area contributed by atoms with Crippen molar-refractivity contribution < 1.29 is 56.6 Å². The minimum Gasteiger partial charge on any atom is -0.790 e. The summed E-state index contributed by atoms with van der Waals surface area (Å²) in [4.78, 5) is 41.3. The predicted molar refractivity (Wildman–Crippen MR) is 68.0 cm³/mol. The van der Waals surface area contributed by atoms with Crippen LogP contribution in [0.5, 0.6) is 0 Å². The van der Waals surface area contributed by atoms with Crippen molar-refractivity contribution in [3.8, 4) is 0 Å². The van der Waals surface area contributed by atoms with Gasteiger partial charge in [-0.3, -0.25) is 13.4 Å². The molecule has 0 heterocycles. The highest BCUT2D eigenvalue weighted by Gasteiger charge is 2.22. The second-order valence-electron chi connectivity index (χ2n) is 2.64. The molecule has 0 saturated heterocycles. The van der Waals surface area contributed by atoms with Gasteiger partial charge in [-0.1, -0.05) is 0 Å². The first-order valence-corrected chi connectivity index (χ1v) is 8.25. The van der Waals surface area contributed by atoms with E-state index in [0.29, 0.717) is 0 Å². The zero-order valence-corrected chi connectivity index (χ0v) is 15.0. The van der Waals surface area contributed by atoms with Gasteiger partial charge in [0.25, 0.3) is 15.6 Å². The molecule has 0 aliphatic heterocycles. The van der Waals surface area contributed by atoms with Gasteiger partial charge in [-0.05, 0) is 0 Å². The molecule has 0 aromatic carbocycles. The number of phosphoric ester groups is 1. The molecule has 0 amide bonds. The molecule has 0 radical (unpaired) electrons. The van der Waals surface area contributed by atoms with Crippen LogP contribution in [-0.2, 0) is 26.8 Å². The van der Waals surface area contributed by atoms with Crippen LogP contribution in [0.15, 0.2) is 0 Å². The summed E-state index contributed by atoms with van der Waals surface area (Å²) in [7, 11) is -17.6. The summed E-state index contributed by atoms with van der Waals surface area (Å²) in [5.41, 5.74) is 0. The van der Waals surface area contributed by atoms with Crippen LogP contribution in [0, 0.1) is 0 Å². The third-order valence-electron chi connectivity index (χ3n) is 1.04. The maximum absolute atomic E-state index is 10.8. The van der Waals surface area contributed by atoms with Crippen LogP contribution in [0.4, 0.5) is 0 Å². The Morgan fingerprint density at radius 3 is 1.59 bits per heavy atom. The van der Waals surface area contributed by atoms with Crippen LogP contribution in [0.2, 0.25) is 0 Å². The Labute approximate surface area is 125 Å². The molecular formula is C3H23N4O12P3. The van der Waals surface area contributed by atoms with Crippen LogP contribution < -0.4 is 44.2 Å². The van der Waals surface area contributed by atoms with Gasteiger partial charge in [-0.15, -0.1) is 0 Å². The highest BCUT2D eigenvalue weighted by atomic mass is 31.3. The lowest BCUT2D eigenvalue weighted by atomic mass is 10.4. The first kappa shape index (κ1) is 33.7. The van der Waals surface area contributed by atoms with Crippen LogP contribution in [-0.4, -0.2) is 29.5 Å². The zero-order valence-electron chi connectivity index (χ0n) is 12.3. The van der Waals surface area contributed by atoms with Crippen LogP contribution >= 0.6 is 23.5 Å². The molecule has 16 nitrogen and oxygen atoms in total. The van der Waals surface area contributed by atoms with E-state index in [2.05, 4.69) is 13.1 Å². The van der Waals surface area contributed by atoms with E-state index in [4.69, 9.17) is 10.2 Å². The van der Waals surface area contributed by atoms with Crippen molar-refractivity contribution in [1.29, 1.82) is 0 Å².